The second-order valence-electron chi connectivity index (χ2n) is 8.96. The first-order valence-electron chi connectivity index (χ1n) is 11.7. The van der Waals surface area contributed by atoms with E-state index >= 15 is 0 Å². The number of pyridine rings is 2. The molecule has 4 aromatic rings. The Bertz CT molecular complexity index is 1580. The molecule has 4 heterocycles. The lowest BCUT2D eigenvalue weighted by molar-refractivity contribution is 0.102. The molecular weight excluding hydrogens is 496 g/mol. The van der Waals surface area contributed by atoms with Gasteiger partial charge in [0.25, 0.3) is 5.91 Å². The molecule has 4 aromatic heterocycles. The van der Waals surface area contributed by atoms with Crippen LogP contribution in [-0.4, -0.2) is 37.9 Å². The monoisotopic (exact) mass is 516 g/mol. The Morgan fingerprint density at radius 2 is 1.94 bits per heavy atom. The molecule has 0 saturated heterocycles. The summed E-state index contributed by atoms with van der Waals surface area (Å²) in [5.41, 5.74) is 4.57. The van der Waals surface area contributed by atoms with Crippen molar-refractivity contribution in [3.8, 4) is 28.7 Å². The molecule has 0 bridgehead atoms. The summed E-state index contributed by atoms with van der Waals surface area (Å²) >= 11 is 7.43. The summed E-state index contributed by atoms with van der Waals surface area (Å²) in [6.45, 7) is 1.85. The third-order valence-corrected chi connectivity index (χ3v) is 7.12. The molecule has 0 unspecified atom stereocenters. The lowest BCUT2D eigenvalue weighted by Gasteiger charge is -2.13. The lowest BCUT2D eigenvalue weighted by Crippen LogP contribution is -2.14. The second kappa shape index (κ2) is 9.12. The van der Waals surface area contributed by atoms with Crippen molar-refractivity contribution in [3.63, 3.8) is 0 Å². The van der Waals surface area contributed by atoms with Crippen molar-refractivity contribution in [2.75, 3.05) is 12.4 Å². The van der Waals surface area contributed by atoms with Gasteiger partial charge in [0.1, 0.15) is 16.6 Å². The average Bonchev–Trinajstić information content (AvgIpc) is 3.80. The van der Waals surface area contributed by atoms with Gasteiger partial charge in [0.2, 0.25) is 0 Å². The largest absolute Gasteiger partial charge is 0.494 e. The molecule has 2 aliphatic carbocycles. The molecule has 8 nitrogen and oxygen atoms in total. The Morgan fingerprint density at radius 1 is 1.11 bits per heavy atom. The molecule has 2 fully saturated rings. The first kappa shape index (κ1) is 22.8. The first-order valence-corrected chi connectivity index (χ1v) is 12.9. The number of methoxy groups -OCH3 is 1. The van der Waals surface area contributed by atoms with Gasteiger partial charge in [0.05, 0.1) is 24.6 Å². The van der Waals surface area contributed by atoms with Crippen LogP contribution in [0.15, 0.2) is 24.5 Å². The maximum atomic E-state index is 13.4. The van der Waals surface area contributed by atoms with Gasteiger partial charge >= 0.3 is 0 Å². The highest BCUT2D eigenvalue weighted by Gasteiger charge is 2.30. The number of thiazole rings is 1. The van der Waals surface area contributed by atoms with Crippen molar-refractivity contribution in [1.82, 2.24) is 24.9 Å². The van der Waals surface area contributed by atoms with E-state index in [9.17, 15) is 4.79 Å². The van der Waals surface area contributed by atoms with Crippen molar-refractivity contribution in [3.05, 3.63) is 52.3 Å². The number of anilines is 1. The normalized spacial score (nSPS) is 14.9. The zero-order valence-electron chi connectivity index (χ0n) is 19.6. The fourth-order valence-corrected chi connectivity index (χ4v) is 4.82. The predicted molar refractivity (Wildman–Crippen MR) is 139 cm³/mol. The zero-order valence-corrected chi connectivity index (χ0v) is 21.2. The number of carbonyl (C=O) groups is 1. The summed E-state index contributed by atoms with van der Waals surface area (Å²) in [5.74, 6) is 7.56. The zero-order chi connectivity index (χ0) is 24.8. The predicted octanol–water partition coefficient (Wildman–Crippen LogP) is 5.40. The van der Waals surface area contributed by atoms with Crippen molar-refractivity contribution >= 4 is 44.5 Å². The number of hydrogen-bond donors (Lipinski definition) is 1. The van der Waals surface area contributed by atoms with Gasteiger partial charge in [-0.25, -0.2) is 15.0 Å². The van der Waals surface area contributed by atoms with Gasteiger partial charge < -0.3 is 4.74 Å². The standard InChI is InChI=1S/C26H21ClN6O2S/c1-13-9-16(17-10-21(27)29-12-20(17)35-2)18(11-28-13)24(34)33-26-32-23-25(36-26)30-19(8-5-14-3-4-14)22(31-23)15-6-7-15/h9-12,14-15H,3-4,6-7H2,1-2H3,(H,31,32,33,34). The third-order valence-electron chi connectivity index (χ3n) is 6.06. The van der Waals surface area contributed by atoms with E-state index in [1.165, 1.54) is 23.7 Å². The molecule has 6 rings (SSSR count). The van der Waals surface area contributed by atoms with Gasteiger partial charge in [-0.2, -0.15) is 4.98 Å². The Kier molecular flexibility index (Phi) is 5.78. The van der Waals surface area contributed by atoms with Gasteiger partial charge in [-0.15, -0.1) is 0 Å². The Balaban J connectivity index is 1.34. The van der Waals surface area contributed by atoms with Crippen LogP contribution in [0.1, 0.15) is 59.0 Å². The van der Waals surface area contributed by atoms with E-state index in [0.29, 0.717) is 55.0 Å². The van der Waals surface area contributed by atoms with E-state index < -0.39 is 0 Å². The molecule has 0 radical (unpaired) electrons. The van der Waals surface area contributed by atoms with Crippen LogP contribution in [0.2, 0.25) is 5.15 Å². The number of halogens is 1. The van der Waals surface area contributed by atoms with Crippen LogP contribution in [0.5, 0.6) is 5.75 Å². The number of carbonyl (C=O) groups excluding carboxylic acids is 1. The molecule has 0 aliphatic heterocycles. The topological polar surface area (TPSA) is 103 Å². The average molecular weight is 517 g/mol. The first-order chi connectivity index (χ1) is 17.5. The van der Waals surface area contributed by atoms with Gasteiger partial charge in [0.15, 0.2) is 15.6 Å². The smallest absolute Gasteiger partial charge is 0.259 e. The van der Waals surface area contributed by atoms with E-state index in [4.69, 9.17) is 26.3 Å². The van der Waals surface area contributed by atoms with Gasteiger partial charge in [-0.05, 0) is 50.7 Å². The summed E-state index contributed by atoms with van der Waals surface area (Å²) in [6.07, 6.45) is 7.57. The molecule has 1 amide bonds. The van der Waals surface area contributed by atoms with Crippen LogP contribution >= 0.6 is 22.9 Å². The van der Waals surface area contributed by atoms with E-state index in [0.717, 1.165) is 42.8 Å². The number of hydrogen-bond acceptors (Lipinski definition) is 8. The highest BCUT2D eigenvalue weighted by Crippen LogP contribution is 2.41. The Morgan fingerprint density at radius 3 is 2.69 bits per heavy atom. The van der Waals surface area contributed by atoms with Gasteiger partial charge in [-0.3, -0.25) is 15.1 Å². The minimum atomic E-state index is -0.359. The minimum Gasteiger partial charge on any atom is -0.494 e. The molecule has 0 atom stereocenters. The summed E-state index contributed by atoms with van der Waals surface area (Å²) in [7, 11) is 1.54. The van der Waals surface area contributed by atoms with Crippen LogP contribution in [0.25, 0.3) is 21.6 Å². The number of ether oxygens (including phenoxy) is 1. The van der Waals surface area contributed by atoms with Crippen molar-refractivity contribution in [1.29, 1.82) is 0 Å². The van der Waals surface area contributed by atoms with E-state index in [-0.39, 0.29) is 5.91 Å². The highest BCUT2D eigenvalue weighted by atomic mass is 35.5. The number of amides is 1. The number of rotatable bonds is 5. The molecule has 1 N–H and O–H groups in total. The van der Waals surface area contributed by atoms with E-state index in [1.54, 1.807) is 13.2 Å². The number of fused-ring (bicyclic) bond motifs is 1. The molecule has 2 aliphatic rings. The summed E-state index contributed by atoms with van der Waals surface area (Å²) in [6, 6.07) is 3.48. The lowest BCUT2D eigenvalue weighted by atomic mass is 10.0. The van der Waals surface area contributed by atoms with Crippen LogP contribution in [0, 0.1) is 24.7 Å². The number of aromatic nitrogens is 5. The van der Waals surface area contributed by atoms with Crippen LogP contribution in [0.3, 0.4) is 0 Å². The fraction of sp³-hybridized carbons (Fsp3) is 0.308. The minimum absolute atomic E-state index is 0.294. The highest BCUT2D eigenvalue weighted by molar-refractivity contribution is 7.21. The molecule has 0 aromatic carbocycles. The van der Waals surface area contributed by atoms with Crippen molar-refractivity contribution < 1.29 is 9.53 Å². The van der Waals surface area contributed by atoms with Crippen molar-refractivity contribution in [2.24, 2.45) is 5.92 Å². The SMILES string of the molecule is COc1cnc(Cl)cc1-c1cc(C)ncc1C(=O)Nc1nc2nc(C3CC3)c(C#CC3CC3)nc2s1. The third kappa shape index (κ3) is 4.62. The summed E-state index contributed by atoms with van der Waals surface area (Å²) in [4.78, 5) is 36.5. The quantitative estimate of drug-likeness (QED) is 0.279. The molecule has 10 heteroatoms. The molecular formula is C26H21ClN6O2S. The maximum Gasteiger partial charge on any atom is 0.259 e. The Hall–Kier alpha value is -3.61. The van der Waals surface area contributed by atoms with Crippen LogP contribution < -0.4 is 10.1 Å². The number of nitrogens with zero attached hydrogens (tertiary/aromatic N) is 5. The Labute approximate surface area is 216 Å². The maximum absolute atomic E-state index is 13.4. The van der Waals surface area contributed by atoms with Gasteiger partial charge in [0, 0.05) is 34.9 Å². The number of aryl methyl sites for hydroxylation is 1. The van der Waals surface area contributed by atoms with E-state index in [1.807, 2.05) is 13.0 Å². The van der Waals surface area contributed by atoms with Crippen LogP contribution in [-0.2, 0) is 0 Å². The van der Waals surface area contributed by atoms with E-state index in [2.05, 4.69) is 32.1 Å². The number of nitrogens with one attached hydrogen (secondary N) is 1. The second-order valence-corrected chi connectivity index (χ2v) is 10.3. The molecule has 2 saturated carbocycles. The molecule has 180 valence electrons. The molecule has 36 heavy (non-hydrogen) atoms. The fourth-order valence-electron chi connectivity index (χ4n) is 3.88. The van der Waals surface area contributed by atoms with Crippen molar-refractivity contribution in [2.45, 2.75) is 38.5 Å². The summed E-state index contributed by atoms with van der Waals surface area (Å²) < 4.78 is 5.46. The van der Waals surface area contributed by atoms with Gasteiger partial charge in [-0.1, -0.05) is 28.9 Å². The van der Waals surface area contributed by atoms with Crippen LogP contribution in [0.4, 0.5) is 5.13 Å². The summed E-state index contributed by atoms with van der Waals surface area (Å²) in [5, 5.41) is 3.60. The molecule has 0 spiro atoms.